The molecule has 2 rings (SSSR count). The van der Waals surface area contributed by atoms with E-state index in [4.69, 9.17) is 10.8 Å². The third-order valence-corrected chi connectivity index (χ3v) is 2.35. The number of nitrogen functional groups attached to an aromatic ring is 1. The summed E-state index contributed by atoms with van der Waals surface area (Å²) in [5.74, 6) is 0.813. The first kappa shape index (κ1) is 7.45. The van der Waals surface area contributed by atoms with Gasteiger partial charge < -0.3 is 10.8 Å². The Hall–Kier alpha value is -1.20. The first-order valence-electron chi connectivity index (χ1n) is 3.41. The summed E-state index contributed by atoms with van der Waals surface area (Å²) in [4.78, 5) is 8.83. The highest BCUT2D eigenvalue weighted by molar-refractivity contribution is 7.16. The first-order valence-corrected chi connectivity index (χ1v) is 4.29. The summed E-state index contributed by atoms with van der Waals surface area (Å²) in [6, 6.07) is 1.87. The molecule has 2 heterocycles. The van der Waals surface area contributed by atoms with Gasteiger partial charge in [0.15, 0.2) is 5.82 Å². The van der Waals surface area contributed by atoms with Gasteiger partial charge in [-0.2, -0.15) is 0 Å². The molecule has 0 aliphatic rings. The minimum atomic E-state index is -0.169. The second-order valence-corrected chi connectivity index (χ2v) is 3.22. The molecule has 2 aromatic rings. The van der Waals surface area contributed by atoms with Gasteiger partial charge in [0.2, 0.25) is 0 Å². The molecule has 0 saturated heterocycles. The van der Waals surface area contributed by atoms with Gasteiger partial charge in [0.05, 0.1) is 5.39 Å². The molecule has 0 radical (unpaired) electrons. The van der Waals surface area contributed by atoms with Crippen LogP contribution < -0.4 is 5.73 Å². The second-order valence-electron chi connectivity index (χ2n) is 2.32. The van der Waals surface area contributed by atoms with Crippen LogP contribution >= 0.6 is 11.3 Å². The van der Waals surface area contributed by atoms with Crippen LogP contribution in [-0.2, 0) is 6.61 Å². The van der Waals surface area contributed by atoms with Crippen LogP contribution in [0, 0.1) is 0 Å². The van der Waals surface area contributed by atoms with E-state index in [1.165, 1.54) is 11.3 Å². The van der Waals surface area contributed by atoms with Crippen LogP contribution in [0.15, 0.2) is 11.4 Å². The number of nitrogens with two attached hydrogens (primary N) is 1. The third-order valence-electron chi connectivity index (χ3n) is 1.54. The van der Waals surface area contributed by atoms with E-state index >= 15 is 0 Å². The number of hydrogen-bond acceptors (Lipinski definition) is 5. The summed E-state index contributed by atoms with van der Waals surface area (Å²) in [7, 11) is 0. The lowest BCUT2D eigenvalue weighted by molar-refractivity contribution is 0.272. The molecular formula is C7H7N3OS. The monoisotopic (exact) mass is 181 g/mol. The quantitative estimate of drug-likeness (QED) is 0.681. The van der Waals surface area contributed by atoms with Crippen molar-refractivity contribution in [3.8, 4) is 0 Å². The van der Waals surface area contributed by atoms with Gasteiger partial charge in [0, 0.05) is 0 Å². The van der Waals surface area contributed by atoms with Crippen LogP contribution in [0.1, 0.15) is 5.82 Å². The van der Waals surface area contributed by atoms with Crippen molar-refractivity contribution >= 4 is 27.4 Å². The Balaban J connectivity index is 2.75. The van der Waals surface area contributed by atoms with Crippen molar-refractivity contribution in [2.75, 3.05) is 5.73 Å². The van der Waals surface area contributed by atoms with E-state index in [0.29, 0.717) is 11.6 Å². The van der Waals surface area contributed by atoms with Crippen LogP contribution in [0.25, 0.3) is 10.2 Å². The standard InChI is InChI=1S/C7H7N3OS/c8-6-4-1-2-12-7(4)10-5(3-11)9-6/h1-2,11H,3H2,(H2,8,9,10). The van der Waals surface area contributed by atoms with Crippen molar-refractivity contribution in [1.82, 2.24) is 9.97 Å². The number of anilines is 1. The molecule has 2 aromatic heterocycles. The maximum atomic E-state index is 8.78. The van der Waals surface area contributed by atoms with Crippen LogP contribution in [0.2, 0.25) is 0 Å². The Kier molecular flexibility index (Phi) is 1.67. The van der Waals surface area contributed by atoms with Crippen molar-refractivity contribution in [2.45, 2.75) is 6.61 Å². The van der Waals surface area contributed by atoms with Gasteiger partial charge in [0.1, 0.15) is 17.3 Å². The van der Waals surface area contributed by atoms with E-state index in [0.717, 1.165) is 10.2 Å². The van der Waals surface area contributed by atoms with Gasteiger partial charge in [-0.1, -0.05) is 0 Å². The fourth-order valence-electron chi connectivity index (χ4n) is 0.995. The molecule has 12 heavy (non-hydrogen) atoms. The summed E-state index contributed by atoms with van der Waals surface area (Å²) >= 11 is 1.49. The van der Waals surface area contributed by atoms with E-state index in [1.54, 1.807) is 0 Å². The zero-order valence-corrected chi connectivity index (χ0v) is 7.01. The molecule has 5 heteroatoms. The zero-order valence-electron chi connectivity index (χ0n) is 6.19. The van der Waals surface area contributed by atoms with Crippen LogP contribution in [0.5, 0.6) is 0 Å². The van der Waals surface area contributed by atoms with E-state index in [1.807, 2.05) is 11.4 Å². The van der Waals surface area contributed by atoms with E-state index in [-0.39, 0.29) is 6.61 Å². The zero-order chi connectivity index (χ0) is 8.55. The van der Waals surface area contributed by atoms with Crippen molar-refractivity contribution < 1.29 is 5.11 Å². The normalized spacial score (nSPS) is 10.8. The highest BCUT2D eigenvalue weighted by Gasteiger charge is 2.04. The molecule has 0 aromatic carbocycles. The molecule has 0 bridgehead atoms. The molecule has 62 valence electrons. The van der Waals surface area contributed by atoms with Gasteiger partial charge in [-0.25, -0.2) is 9.97 Å². The average molecular weight is 181 g/mol. The van der Waals surface area contributed by atoms with Crippen LogP contribution in [0.4, 0.5) is 5.82 Å². The minimum Gasteiger partial charge on any atom is -0.388 e. The predicted molar refractivity (Wildman–Crippen MR) is 47.8 cm³/mol. The maximum absolute atomic E-state index is 8.78. The fraction of sp³-hybridized carbons (Fsp3) is 0.143. The van der Waals surface area contributed by atoms with Crippen molar-refractivity contribution in [2.24, 2.45) is 0 Å². The van der Waals surface area contributed by atoms with E-state index < -0.39 is 0 Å². The summed E-state index contributed by atoms with van der Waals surface area (Å²) in [5.41, 5.74) is 5.62. The molecule has 0 amide bonds. The number of rotatable bonds is 1. The Morgan fingerprint density at radius 2 is 2.33 bits per heavy atom. The Morgan fingerprint density at radius 1 is 1.50 bits per heavy atom. The number of aromatic nitrogens is 2. The van der Waals surface area contributed by atoms with Crippen LogP contribution in [-0.4, -0.2) is 15.1 Å². The molecule has 0 atom stereocenters. The molecule has 0 aliphatic heterocycles. The average Bonchev–Trinajstić information content (AvgIpc) is 2.52. The molecule has 0 unspecified atom stereocenters. The van der Waals surface area contributed by atoms with Crippen molar-refractivity contribution in [3.05, 3.63) is 17.3 Å². The van der Waals surface area contributed by atoms with E-state index in [9.17, 15) is 0 Å². The molecule has 0 aliphatic carbocycles. The van der Waals surface area contributed by atoms with E-state index in [2.05, 4.69) is 9.97 Å². The highest BCUT2D eigenvalue weighted by Crippen LogP contribution is 2.22. The second kappa shape index (κ2) is 2.69. The first-order chi connectivity index (χ1) is 5.81. The fourth-order valence-corrected chi connectivity index (χ4v) is 1.79. The molecule has 0 saturated carbocycles. The summed E-state index contributed by atoms with van der Waals surface area (Å²) in [5, 5.41) is 11.5. The number of fused-ring (bicyclic) bond motifs is 1. The lowest BCUT2D eigenvalue weighted by atomic mass is 10.4. The number of hydrogen-bond donors (Lipinski definition) is 2. The largest absolute Gasteiger partial charge is 0.388 e. The lowest BCUT2D eigenvalue weighted by Gasteiger charge is -1.97. The summed E-state index contributed by atoms with van der Waals surface area (Å²) in [6.07, 6.45) is 0. The Labute approximate surface area is 72.7 Å². The Morgan fingerprint density at radius 3 is 3.08 bits per heavy atom. The number of nitrogens with zero attached hydrogens (tertiary/aromatic N) is 2. The summed E-state index contributed by atoms with van der Waals surface area (Å²) in [6.45, 7) is -0.169. The number of aliphatic hydroxyl groups is 1. The number of aliphatic hydroxyl groups excluding tert-OH is 1. The highest BCUT2D eigenvalue weighted by atomic mass is 32.1. The molecular weight excluding hydrogens is 174 g/mol. The van der Waals surface area contributed by atoms with Gasteiger partial charge in [0.25, 0.3) is 0 Å². The maximum Gasteiger partial charge on any atom is 0.157 e. The topological polar surface area (TPSA) is 72.0 Å². The SMILES string of the molecule is Nc1nc(CO)nc2sccc12. The van der Waals surface area contributed by atoms with Crippen LogP contribution in [0.3, 0.4) is 0 Å². The molecule has 0 spiro atoms. The third kappa shape index (κ3) is 1.03. The van der Waals surface area contributed by atoms with Gasteiger partial charge in [-0.15, -0.1) is 11.3 Å². The summed E-state index contributed by atoms with van der Waals surface area (Å²) < 4.78 is 0. The van der Waals surface area contributed by atoms with Gasteiger partial charge in [-0.3, -0.25) is 0 Å². The number of thiophene rings is 1. The van der Waals surface area contributed by atoms with Crippen molar-refractivity contribution in [3.63, 3.8) is 0 Å². The minimum absolute atomic E-state index is 0.169. The molecule has 0 fully saturated rings. The predicted octanol–water partition coefficient (Wildman–Crippen LogP) is 0.766. The van der Waals surface area contributed by atoms with Gasteiger partial charge >= 0.3 is 0 Å². The molecule has 4 nitrogen and oxygen atoms in total. The smallest absolute Gasteiger partial charge is 0.157 e. The molecule has 3 N–H and O–H groups in total. The van der Waals surface area contributed by atoms with Crippen molar-refractivity contribution in [1.29, 1.82) is 0 Å². The lowest BCUT2D eigenvalue weighted by Crippen LogP contribution is -1.98. The van der Waals surface area contributed by atoms with Gasteiger partial charge in [-0.05, 0) is 11.4 Å². The Bertz CT molecular complexity index is 412.